The van der Waals surface area contributed by atoms with Crippen LogP contribution in [0.2, 0.25) is 0 Å². The Bertz CT molecular complexity index is 483. The molecule has 1 amide bonds. The molecule has 0 saturated carbocycles. The van der Waals surface area contributed by atoms with Gasteiger partial charge in [-0.25, -0.2) is 4.98 Å². The average Bonchev–Trinajstić information content (AvgIpc) is 2.53. The summed E-state index contributed by atoms with van der Waals surface area (Å²) in [5.41, 5.74) is 1.08. The average molecular weight is 291 g/mol. The van der Waals surface area contributed by atoms with Gasteiger partial charge < -0.3 is 15.5 Å². The van der Waals surface area contributed by atoms with Crippen LogP contribution in [0.5, 0.6) is 0 Å². The van der Waals surface area contributed by atoms with E-state index in [2.05, 4.69) is 32.4 Å². The van der Waals surface area contributed by atoms with Gasteiger partial charge in [-0.1, -0.05) is 6.92 Å². The van der Waals surface area contributed by atoms with Crippen LogP contribution in [-0.4, -0.2) is 42.6 Å². The van der Waals surface area contributed by atoms with E-state index in [1.807, 2.05) is 13.1 Å². The number of anilines is 2. The molecule has 1 aliphatic rings. The number of hydrogen-bond donors (Lipinski definition) is 2. The van der Waals surface area contributed by atoms with Crippen molar-refractivity contribution in [3.8, 4) is 0 Å². The summed E-state index contributed by atoms with van der Waals surface area (Å²) in [4.78, 5) is 22.9. The lowest BCUT2D eigenvalue weighted by Crippen LogP contribution is -2.40. The van der Waals surface area contributed by atoms with E-state index >= 15 is 0 Å². The molecule has 2 rings (SSSR count). The van der Waals surface area contributed by atoms with Crippen molar-refractivity contribution < 1.29 is 4.79 Å². The molecule has 0 unspecified atom stereocenters. The molecular weight excluding hydrogens is 266 g/mol. The fourth-order valence-corrected chi connectivity index (χ4v) is 2.63. The summed E-state index contributed by atoms with van der Waals surface area (Å²) in [6.45, 7) is 6.75. The molecule has 0 atom stereocenters. The summed E-state index contributed by atoms with van der Waals surface area (Å²) in [5, 5.41) is 5.96. The van der Waals surface area contributed by atoms with Crippen LogP contribution in [0.15, 0.2) is 6.20 Å². The SMILES string of the molecule is CCCNc1ncc(C)c(N2CCC(C(=O)NC)CC2)n1. The Kier molecular flexibility index (Phi) is 5.36. The summed E-state index contributed by atoms with van der Waals surface area (Å²) in [5.74, 6) is 1.95. The minimum Gasteiger partial charge on any atom is -0.359 e. The number of nitrogens with one attached hydrogen (secondary N) is 2. The molecular formula is C15H25N5O. The summed E-state index contributed by atoms with van der Waals surface area (Å²) in [7, 11) is 1.70. The first kappa shape index (κ1) is 15.5. The fraction of sp³-hybridized carbons (Fsp3) is 0.667. The monoisotopic (exact) mass is 291 g/mol. The van der Waals surface area contributed by atoms with Gasteiger partial charge in [-0.3, -0.25) is 4.79 Å². The lowest BCUT2D eigenvalue weighted by atomic mass is 9.96. The highest BCUT2D eigenvalue weighted by Crippen LogP contribution is 2.25. The van der Waals surface area contributed by atoms with Gasteiger partial charge in [-0.15, -0.1) is 0 Å². The van der Waals surface area contributed by atoms with E-state index in [4.69, 9.17) is 0 Å². The van der Waals surface area contributed by atoms with Crippen LogP contribution in [0.3, 0.4) is 0 Å². The van der Waals surface area contributed by atoms with Crippen LogP contribution in [-0.2, 0) is 4.79 Å². The summed E-state index contributed by atoms with van der Waals surface area (Å²) in [6.07, 6.45) is 4.66. The maximum absolute atomic E-state index is 11.7. The Morgan fingerprint density at radius 3 is 2.76 bits per heavy atom. The first-order valence-electron chi connectivity index (χ1n) is 7.69. The standard InChI is InChI=1S/C15H25N5O/c1-4-7-17-15-18-10-11(2)13(19-15)20-8-5-12(6-9-20)14(21)16-3/h10,12H,4-9H2,1-3H3,(H,16,21)(H,17,18,19). The molecule has 1 saturated heterocycles. The smallest absolute Gasteiger partial charge is 0.224 e. The zero-order valence-electron chi connectivity index (χ0n) is 13.1. The van der Waals surface area contributed by atoms with Crippen LogP contribution in [0.4, 0.5) is 11.8 Å². The van der Waals surface area contributed by atoms with Crippen molar-refractivity contribution in [1.29, 1.82) is 0 Å². The van der Waals surface area contributed by atoms with E-state index in [0.29, 0.717) is 5.95 Å². The quantitative estimate of drug-likeness (QED) is 0.862. The second kappa shape index (κ2) is 7.24. The molecule has 0 bridgehead atoms. The zero-order chi connectivity index (χ0) is 15.2. The highest BCUT2D eigenvalue weighted by Gasteiger charge is 2.25. The number of aromatic nitrogens is 2. The molecule has 0 radical (unpaired) electrons. The number of piperidine rings is 1. The second-order valence-corrected chi connectivity index (χ2v) is 5.50. The highest BCUT2D eigenvalue weighted by molar-refractivity contribution is 5.78. The zero-order valence-corrected chi connectivity index (χ0v) is 13.1. The largest absolute Gasteiger partial charge is 0.359 e. The third kappa shape index (κ3) is 3.83. The van der Waals surface area contributed by atoms with Gasteiger partial charge in [-0.2, -0.15) is 4.98 Å². The number of amides is 1. The van der Waals surface area contributed by atoms with E-state index in [1.54, 1.807) is 7.05 Å². The van der Waals surface area contributed by atoms with Gasteiger partial charge in [-0.05, 0) is 26.2 Å². The molecule has 6 nitrogen and oxygen atoms in total. The van der Waals surface area contributed by atoms with Gasteiger partial charge in [0.15, 0.2) is 0 Å². The molecule has 0 aromatic carbocycles. The Balaban J connectivity index is 2.03. The normalized spacial score (nSPS) is 15.9. The van der Waals surface area contributed by atoms with Crippen molar-refractivity contribution in [2.75, 3.05) is 36.9 Å². The first-order chi connectivity index (χ1) is 10.2. The topological polar surface area (TPSA) is 70.2 Å². The van der Waals surface area contributed by atoms with Crippen LogP contribution in [0.1, 0.15) is 31.7 Å². The predicted molar refractivity (Wildman–Crippen MR) is 84.6 cm³/mol. The number of hydrogen-bond acceptors (Lipinski definition) is 5. The summed E-state index contributed by atoms with van der Waals surface area (Å²) >= 11 is 0. The lowest BCUT2D eigenvalue weighted by molar-refractivity contribution is -0.125. The molecule has 1 fully saturated rings. The number of nitrogens with zero attached hydrogens (tertiary/aromatic N) is 3. The minimum atomic E-state index is 0.131. The second-order valence-electron chi connectivity index (χ2n) is 5.50. The minimum absolute atomic E-state index is 0.131. The van der Waals surface area contributed by atoms with Crippen molar-refractivity contribution in [2.45, 2.75) is 33.1 Å². The molecule has 2 N–H and O–H groups in total. The van der Waals surface area contributed by atoms with Crippen molar-refractivity contribution in [3.05, 3.63) is 11.8 Å². The van der Waals surface area contributed by atoms with Crippen molar-refractivity contribution >= 4 is 17.7 Å². The van der Waals surface area contributed by atoms with E-state index in [-0.39, 0.29) is 11.8 Å². The predicted octanol–water partition coefficient (Wildman–Crippen LogP) is 1.57. The maximum atomic E-state index is 11.7. The van der Waals surface area contributed by atoms with E-state index in [1.165, 1.54) is 0 Å². The molecule has 0 aliphatic carbocycles. The lowest BCUT2D eigenvalue weighted by Gasteiger charge is -2.32. The van der Waals surface area contributed by atoms with E-state index in [0.717, 1.165) is 50.3 Å². The third-order valence-corrected chi connectivity index (χ3v) is 3.89. The van der Waals surface area contributed by atoms with Gasteiger partial charge in [0.05, 0.1) is 0 Å². The number of aryl methyl sites for hydroxylation is 1. The molecule has 1 aliphatic heterocycles. The Hall–Kier alpha value is -1.85. The summed E-state index contributed by atoms with van der Waals surface area (Å²) in [6, 6.07) is 0. The van der Waals surface area contributed by atoms with Gasteiger partial charge in [0.25, 0.3) is 0 Å². The van der Waals surface area contributed by atoms with Crippen LogP contribution < -0.4 is 15.5 Å². The molecule has 0 spiro atoms. The van der Waals surface area contributed by atoms with E-state index < -0.39 is 0 Å². The third-order valence-electron chi connectivity index (χ3n) is 3.89. The summed E-state index contributed by atoms with van der Waals surface area (Å²) < 4.78 is 0. The Morgan fingerprint density at radius 1 is 1.43 bits per heavy atom. The number of rotatable bonds is 5. The Morgan fingerprint density at radius 2 is 2.14 bits per heavy atom. The van der Waals surface area contributed by atoms with Crippen LogP contribution in [0, 0.1) is 12.8 Å². The maximum Gasteiger partial charge on any atom is 0.224 e. The van der Waals surface area contributed by atoms with Crippen LogP contribution >= 0.6 is 0 Å². The molecule has 2 heterocycles. The number of carbonyl (C=O) groups is 1. The molecule has 116 valence electrons. The van der Waals surface area contributed by atoms with E-state index in [9.17, 15) is 4.79 Å². The van der Waals surface area contributed by atoms with Crippen LogP contribution in [0.25, 0.3) is 0 Å². The molecule has 21 heavy (non-hydrogen) atoms. The first-order valence-corrected chi connectivity index (χ1v) is 7.69. The molecule has 1 aromatic rings. The van der Waals surface area contributed by atoms with Crippen molar-refractivity contribution in [2.24, 2.45) is 5.92 Å². The fourth-order valence-electron chi connectivity index (χ4n) is 2.63. The van der Waals surface area contributed by atoms with Crippen molar-refractivity contribution in [3.63, 3.8) is 0 Å². The van der Waals surface area contributed by atoms with Crippen molar-refractivity contribution in [1.82, 2.24) is 15.3 Å². The van der Waals surface area contributed by atoms with Gasteiger partial charge in [0, 0.05) is 44.4 Å². The highest BCUT2D eigenvalue weighted by atomic mass is 16.1. The van der Waals surface area contributed by atoms with Gasteiger partial charge in [0.1, 0.15) is 5.82 Å². The molecule has 1 aromatic heterocycles. The van der Waals surface area contributed by atoms with Gasteiger partial charge in [0.2, 0.25) is 11.9 Å². The number of carbonyl (C=O) groups excluding carboxylic acids is 1. The Labute approximate surface area is 126 Å². The van der Waals surface area contributed by atoms with Gasteiger partial charge >= 0.3 is 0 Å². The molecule has 6 heteroatoms.